The molecule has 190 valence electrons. The lowest BCUT2D eigenvalue weighted by Crippen LogP contribution is -2.23. The van der Waals surface area contributed by atoms with Gasteiger partial charge in [0.2, 0.25) is 0 Å². The molecule has 0 saturated heterocycles. The van der Waals surface area contributed by atoms with E-state index >= 15 is 0 Å². The van der Waals surface area contributed by atoms with Gasteiger partial charge < -0.3 is 10.3 Å². The van der Waals surface area contributed by atoms with E-state index in [9.17, 15) is 0 Å². The summed E-state index contributed by atoms with van der Waals surface area (Å²) in [6.45, 7) is 12.3. The van der Waals surface area contributed by atoms with Crippen molar-refractivity contribution in [2.24, 2.45) is 5.92 Å². The molecule has 0 aliphatic heterocycles. The van der Waals surface area contributed by atoms with Crippen LogP contribution in [0, 0.1) is 12.8 Å². The molecule has 0 aromatic carbocycles. The second-order valence-electron chi connectivity index (χ2n) is 9.59. The Morgan fingerprint density at radius 1 is 1.18 bits per heavy atom. The zero-order valence-corrected chi connectivity index (χ0v) is 22.3. The highest BCUT2D eigenvalue weighted by atomic mass is 32.1. The van der Waals surface area contributed by atoms with Gasteiger partial charge in [-0.1, -0.05) is 25.7 Å². The predicted octanol–water partition coefficient (Wildman–Crippen LogP) is 7.31. The highest BCUT2D eigenvalue weighted by molar-refractivity contribution is 7.15. The number of aromatic nitrogens is 6. The summed E-state index contributed by atoms with van der Waals surface area (Å²) in [5, 5.41) is 12.1. The standard InChI is InChI=1S/C30H29N7S/c1-5-19(12-21(6-2)33-18(4)20-8-7-9-20)24-13-22-25(16-32-24)36-37-29(22)30-34-26-15-31-14-23(28(26)35-30)27-11-10-17(3)38-27/h5-6,10-16,20,33H,2,4,7-9H2,1,3H3,(H,34,35)(H,36,37)/b19-5+,21-12+. The van der Waals surface area contributed by atoms with Crippen LogP contribution in [0.3, 0.4) is 0 Å². The predicted molar refractivity (Wildman–Crippen MR) is 156 cm³/mol. The topological polar surface area (TPSA) is 95.2 Å². The Balaban J connectivity index is 1.37. The molecule has 5 aromatic heterocycles. The summed E-state index contributed by atoms with van der Waals surface area (Å²) in [5.74, 6) is 1.23. The molecule has 7 nitrogen and oxygen atoms in total. The second-order valence-corrected chi connectivity index (χ2v) is 10.9. The van der Waals surface area contributed by atoms with Crippen molar-refractivity contribution >= 4 is 38.8 Å². The molecule has 0 amide bonds. The molecule has 1 aliphatic rings. The van der Waals surface area contributed by atoms with E-state index in [1.165, 1.54) is 24.1 Å². The molecular weight excluding hydrogens is 490 g/mol. The summed E-state index contributed by atoms with van der Waals surface area (Å²) in [6, 6.07) is 6.29. The zero-order chi connectivity index (χ0) is 26.2. The molecule has 6 rings (SSSR count). The van der Waals surface area contributed by atoms with Crippen molar-refractivity contribution in [2.75, 3.05) is 0 Å². The van der Waals surface area contributed by atoms with Crippen molar-refractivity contribution in [1.29, 1.82) is 0 Å². The van der Waals surface area contributed by atoms with Gasteiger partial charge in [-0.3, -0.25) is 15.1 Å². The molecule has 0 bridgehead atoms. The fraction of sp³-hybridized carbons (Fsp3) is 0.200. The first-order chi connectivity index (χ1) is 18.5. The third-order valence-electron chi connectivity index (χ3n) is 7.11. The van der Waals surface area contributed by atoms with Crippen LogP contribution < -0.4 is 5.32 Å². The highest BCUT2D eigenvalue weighted by Crippen LogP contribution is 2.35. The Morgan fingerprint density at radius 2 is 2.05 bits per heavy atom. The molecule has 0 spiro atoms. The lowest BCUT2D eigenvalue weighted by molar-refractivity contribution is 0.356. The lowest BCUT2D eigenvalue weighted by Gasteiger charge is -2.28. The van der Waals surface area contributed by atoms with Gasteiger partial charge in [-0.25, -0.2) is 4.98 Å². The molecule has 0 radical (unpaired) electrons. The van der Waals surface area contributed by atoms with Gasteiger partial charge in [0.05, 0.1) is 29.1 Å². The maximum absolute atomic E-state index is 4.96. The molecule has 5 aromatic rings. The number of pyridine rings is 2. The number of allylic oxidation sites excluding steroid dienone is 5. The number of thiophene rings is 1. The van der Waals surface area contributed by atoms with E-state index in [1.807, 2.05) is 37.7 Å². The summed E-state index contributed by atoms with van der Waals surface area (Å²) < 4.78 is 0. The van der Waals surface area contributed by atoms with Crippen LogP contribution in [0.5, 0.6) is 0 Å². The maximum atomic E-state index is 4.96. The fourth-order valence-corrected chi connectivity index (χ4v) is 5.60. The van der Waals surface area contributed by atoms with Crippen molar-refractivity contribution < 1.29 is 0 Å². The maximum Gasteiger partial charge on any atom is 0.159 e. The average molecular weight is 520 g/mol. The summed E-state index contributed by atoms with van der Waals surface area (Å²) in [5.41, 5.74) is 8.13. The number of aryl methyl sites for hydroxylation is 1. The van der Waals surface area contributed by atoms with E-state index in [0.717, 1.165) is 60.7 Å². The fourth-order valence-electron chi connectivity index (χ4n) is 4.72. The number of H-pyrrole nitrogens is 2. The van der Waals surface area contributed by atoms with Gasteiger partial charge in [-0.2, -0.15) is 5.10 Å². The zero-order valence-electron chi connectivity index (χ0n) is 21.5. The number of hydrogen-bond donors (Lipinski definition) is 3. The first kappa shape index (κ1) is 24.1. The third-order valence-corrected chi connectivity index (χ3v) is 8.15. The van der Waals surface area contributed by atoms with Gasteiger partial charge in [0, 0.05) is 38.3 Å². The monoisotopic (exact) mass is 519 g/mol. The van der Waals surface area contributed by atoms with Crippen LogP contribution in [0.25, 0.3) is 49.5 Å². The average Bonchev–Trinajstić information content (AvgIpc) is 3.62. The quantitative estimate of drug-likeness (QED) is 0.187. The molecule has 1 saturated carbocycles. The van der Waals surface area contributed by atoms with E-state index in [0.29, 0.717) is 11.7 Å². The lowest BCUT2D eigenvalue weighted by atomic mass is 9.83. The summed E-state index contributed by atoms with van der Waals surface area (Å²) in [6.07, 6.45) is 15.1. The van der Waals surface area contributed by atoms with Gasteiger partial charge in [0.15, 0.2) is 5.82 Å². The molecule has 1 fully saturated rings. The molecule has 1 aliphatic carbocycles. The number of hydrogen-bond acceptors (Lipinski definition) is 6. The molecule has 5 heterocycles. The Hall–Kier alpha value is -4.30. The number of nitrogens with one attached hydrogen (secondary N) is 3. The molecule has 3 N–H and O–H groups in total. The van der Waals surface area contributed by atoms with E-state index in [1.54, 1.807) is 11.3 Å². The number of imidazole rings is 1. The van der Waals surface area contributed by atoms with Gasteiger partial charge in [0.25, 0.3) is 0 Å². The Bertz CT molecular complexity index is 1740. The van der Waals surface area contributed by atoms with Crippen LogP contribution in [0.15, 0.2) is 79.6 Å². The minimum absolute atomic E-state index is 0.540. The normalized spacial score (nSPS) is 14.7. The van der Waals surface area contributed by atoms with Crippen LogP contribution in [0.1, 0.15) is 36.8 Å². The highest BCUT2D eigenvalue weighted by Gasteiger charge is 2.21. The largest absolute Gasteiger partial charge is 0.359 e. The first-order valence-electron chi connectivity index (χ1n) is 12.8. The van der Waals surface area contributed by atoms with Crippen molar-refractivity contribution in [3.05, 3.63) is 90.1 Å². The van der Waals surface area contributed by atoms with E-state index in [4.69, 9.17) is 9.97 Å². The number of aromatic amines is 2. The van der Waals surface area contributed by atoms with Crippen molar-refractivity contribution in [1.82, 2.24) is 35.5 Å². The molecule has 0 unspecified atom stereocenters. The summed E-state index contributed by atoms with van der Waals surface area (Å²) >= 11 is 1.74. The van der Waals surface area contributed by atoms with Gasteiger partial charge >= 0.3 is 0 Å². The van der Waals surface area contributed by atoms with Crippen molar-refractivity contribution in [3.63, 3.8) is 0 Å². The van der Waals surface area contributed by atoms with Crippen LogP contribution in [-0.4, -0.2) is 30.1 Å². The van der Waals surface area contributed by atoms with Crippen LogP contribution >= 0.6 is 11.3 Å². The molecular formula is C30H29N7S. The SMILES string of the molecule is C=C/C(=C\C(=C/C)c1cc2c(-c3nc4c(-c5ccc(C)s5)cncc4[nH]3)n[nH]c2cn1)NC(=C)C1CCC1. The minimum atomic E-state index is 0.540. The van der Waals surface area contributed by atoms with Crippen LogP contribution in [0.2, 0.25) is 0 Å². The first-order valence-corrected chi connectivity index (χ1v) is 13.6. The third kappa shape index (κ3) is 4.37. The van der Waals surface area contributed by atoms with Crippen LogP contribution in [-0.2, 0) is 0 Å². The molecule has 38 heavy (non-hydrogen) atoms. The smallest absolute Gasteiger partial charge is 0.159 e. The Kier molecular flexibility index (Phi) is 6.25. The summed E-state index contributed by atoms with van der Waals surface area (Å²) in [4.78, 5) is 19.9. The number of nitrogens with zero attached hydrogens (tertiary/aromatic N) is 4. The number of fused-ring (bicyclic) bond motifs is 2. The molecule has 8 heteroatoms. The number of rotatable bonds is 8. The van der Waals surface area contributed by atoms with E-state index in [2.05, 4.69) is 69.8 Å². The second kappa shape index (κ2) is 9.87. The Labute approximate surface area is 225 Å². The van der Waals surface area contributed by atoms with Crippen molar-refractivity contribution in [3.8, 4) is 22.0 Å². The van der Waals surface area contributed by atoms with Crippen LogP contribution in [0.4, 0.5) is 0 Å². The summed E-state index contributed by atoms with van der Waals surface area (Å²) in [7, 11) is 0. The van der Waals surface area contributed by atoms with Gasteiger partial charge in [0.1, 0.15) is 11.2 Å². The van der Waals surface area contributed by atoms with Gasteiger partial charge in [-0.05, 0) is 68.5 Å². The molecule has 0 atom stereocenters. The van der Waals surface area contributed by atoms with Crippen molar-refractivity contribution in [2.45, 2.75) is 33.1 Å². The Morgan fingerprint density at radius 3 is 2.76 bits per heavy atom. The minimum Gasteiger partial charge on any atom is -0.359 e. The van der Waals surface area contributed by atoms with E-state index < -0.39 is 0 Å². The van der Waals surface area contributed by atoms with Gasteiger partial charge in [-0.15, -0.1) is 11.3 Å². The van der Waals surface area contributed by atoms with E-state index in [-0.39, 0.29) is 0 Å².